The van der Waals surface area contributed by atoms with Gasteiger partial charge < -0.3 is 10.5 Å². The maximum atomic E-state index is 5.97. The Kier molecular flexibility index (Phi) is 4.54. The van der Waals surface area contributed by atoms with Crippen molar-refractivity contribution in [3.8, 4) is 0 Å². The van der Waals surface area contributed by atoms with Crippen molar-refractivity contribution in [2.24, 2.45) is 5.73 Å². The first kappa shape index (κ1) is 9.93. The van der Waals surface area contributed by atoms with Crippen LogP contribution in [0, 0.1) is 0 Å². The topological polar surface area (TPSA) is 35.2 Å². The van der Waals surface area contributed by atoms with Crippen LogP contribution in [-0.4, -0.2) is 24.7 Å². The molecule has 0 aliphatic carbocycles. The van der Waals surface area contributed by atoms with Crippen LogP contribution in [0.2, 0.25) is 0 Å². The molecule has 1 heterocycles. The van der Waals surface area contributed by atoms with Crippen molar-refractivity contribution in [1.29, 1.82) is 0 Å². The fraction of sp³-hybridized carbons (Fsp3) is 0.778. The van der Waals surface area contributed by atoms with Gasteiger partial charge in [-0.2, -0.15) is 11.8 Å². The van der Waals surface area contributed by atoms with Crippen LogP contribution in [0.1, 0.15) is 19.3 Å². The second-order valence-corrected chi connectivity index (χ2v) is 4.04. The summed E-state index contributed by atoms with van der Waals surface area (Å²) in [6.07, 6.45) is 7.28. The molecule has 1 rings (SSSR count). The molecule has 0 amide bonds. The second-order valence-electron chi connectivity index (χ2n) is 3.06. The first-order valence-electron chi connectivity index (χ1n) is 4.39. The predicted molar refractivity (Wildman–Crippen MR) is 54.2 cm³/mol. The minimum Gasteiger partial charge on any atom is -0.501 e. The zero-order valence-electron chi connectivity index (χ0n) is 7.58. The fourth-order valence-corrected chi connectivity index (χ4v) is 1.78. The van der Waals surface area contributed by atoms with E-state index in [0.717, 1.165) is 31.6 Å². The van der Waals surface area contributed by atoms with Crippen LogP contribution in [0.5, 0.6) is 0 Å². The van der Waals surface area contributed by atoms with Crippen molar-refractivity contribution in [2.45, 2.75) is 25.3 Å². The smallest absolute Gasteiger partial charge is 0.0876 e. The van der Waals surface area contributed by atoms with Crippen molar-refractivity contribution < 1.29 is 4.74 Å². The molecule has 1 unspecified atom stereocenters. The molecule has 1 aliphatic rings. The molecular weight excluding hydrogens is 170 g/mol. The third kappa shape index (κ3) is 3.07. The number of nitrogens with two attached hydrogens (primary N) is 1. The molecule has 0 aromatic rings. The van der Waals surface area contributed by atoms with Gasteiger partial charge in [0.15, 0.2) is 0 Å². The lowest BCUT2D eigenvalue weighted by atomic mass is 10.0. The molecule has 1 atom stereocenters. The molecule has 0 spiro atoms. The van der Waals surface area contributed by atoms with Crippen LogP contribution in [0.4, 0.5) is 0 Å². The van der Waals surface area contributed by atoms with Gasteiger partial charge >= 0.3 is 0 Å². The van der Waals surface area contributed by atoms with Crippen LogP contribution in [-0.2, 0) is 4.74 Å². The fourth-order valence-electron chi connectivity index (χ4n) is 1.29. The van der Waals surface area contributed by atoms with E-state index in [1.807, 2.05) is 18.0 Å². The zero-order valence-corrected chi connectivity index (χ0v) is 8.40. The average molecular weight is 187 g/mol. The van der Waals surface area contributed by atoms with Crippen LogP contribution < -0.4 is 5.73 Å². The van der Waals surface area contributed by atoms with Gasteiger partial charge in [-0.1, -0.05) is 0 Å². The lowest BCUT2D eigenvalue weighted by Crippen LogP contribution is -2.25. The normalized spacial score (nSPS) is 19.7. The van der Waals surface area contributed by atoms with Crippen LogP contribution in [0.15, 0.2) is 11.8 Å². The van der Waals surface area contributed by atoms with Gasteiger partial charge in [-0.05, 0) is 36.8 Å². The first-order chi connectivity index (χ1) is 5.84. The van der Waals surface area contributed by atoms with E-state index in [2.05, 4.69) is 6.26 Å². The summed E-state index contributed by atoms with van der Waals surface area (Å²) < 4.78 is 5.23. The summed E-state index contributed by atoms with van der Waals surface area (Å²) >= 11 is 1.85. The van der Waals surface area contributed by atoms with Crippen LogP contribution in [0.25, 0.3) is 0 Å². The van der Waals surface area contributed by atoms with Crippen LogP contribution >= 0.6 is 11.8 Å². The van der Waals surface area contributed by atoms with Gasteiger partial charge in [0.2, 0.25) is 0 Å². The van der Waals surface area contributed by atoms with Crippen molar-refractivity contribution >= 4 is 11.8 Å². The lowest BCUT2D eigenvalue weighted by molar-refractivity contribution is 0.221. The third-order valence-corrected chi connectivity index (χ3v) is 2.72. The van der Waals surface area contributed by atoms with E-state index in [9.17, 15) is 0 Å². The highest BCUT2D eigenvalue weighted by atomic mass is 32.2. The number of thioether (sulfide) groups is 1. The average Bonchev–Trinajstić information content (AvgIpc) is 2.15. The van der Waals surface area contributed by atoms with Gasteiger partial charge in [0, 0.05) is 6.04 Å². The summed E-state index contributed by atoms with van der Waals surface area (Å²) in [5.41, 5.74) is 7.26. The quantitative estimate of drug-likeness (QED) is 0.728. The van der Waals surface area contributed by atoms with Crippen molar-refractivity contribution in [2.75, 3.05) is 18.6 Å². The minimum absolute atomic E-state index is 0.220. The van der Waals surface area contributed by atoms with E-state index in [0.29, 0.717) is 0 Å². The molecule has 12 heavy (non-hydrogen) atoms. The lowest BCUT2D eigenvalue weighted by Gasteiger charge is -2.19. The van der Waals surface area contributed by atoms with E-state index >= 15 is 0 Å². The predicted octanol–water partition coefficient (Wildman–Crippen LogP) is 1.76. The van der Waals surface area contributed by atoms with Crippen molar-refractivity contribution in [3.63, 3.8) is 0 Å². The van der Waals surface area contributed by atoms with Gasteiger partial charge in [-0.15, -0.1) is 0 Å². The molecule has 0 saturated carbocycles. The summed E-state index contributed by atoms with van der Waals surface area (Å²) in [5.74, 6) is 1.14. The standard InChI is InChI=1S/C9H17NOS/c1-12-6-4-9(10)8-3-2-5-11-7-8/h7,9H,2-6,10H2,1H3. The molecule has 0 aromatic carbocycles. The molecule has 2 nitrogen and oxygen atoms in total. The molecule has 1 aliphatic heterocycles. The Bertz CT molecular complexity index is 159. The summed E-state index contributed by atoms with van der Waals surface area (Å²) in [6, 6.07) is 0.220. The number of hydrogen-bond acceptors (Lipinski definition) is 3. The SMILES string of the molecule is CSCCC(N)C1=COCCC1. The molecule has 0 fully saturated rings. The van der Waals surface area contributed by atoms with Gasteiger partial charge in [0.1, 0.15) is 0 Å². The first-order valence-corrected chi connectivity index (χ1v) is 5.79. The van der Waals surface area contributed by atoms with Gasteiger partial charge in [-0.25, -0.2) is 0 Å². The maximum Gasteiger partial charge on any atom is 0.0876 e. The monoisotopic (exact) mass is 187 g/mol. The summed E-state index contributed by atoms with van der Waals surface area (Å²) in [7, 11) is 0. The minimum atomic E-state index is 0.220. The van der Waals surface area contributed by atoms with Crippen LogP contribution in [0.3, 0.4) is 0 Å². The van der Waals surface area contributed by atoms with E-state index in [4.69, 9.17) is 10.5 Å². The number of hydrogen-bond donors (Lipinski definition) is 1. The Hall–Kier alpha value is -0.150. The highest BCUT2D eigenvalue weighted by molar-refractivity contribution is 7.98. The Morgan fingerprint density at radius 2 is 2.58 bits per heavy atom. The largest absolute Gasteiger partial charge is 0.501 e. The van der Waals surface area contributed by atoms with E-state index in [1.165, 1.54) is 5.57 Å². The summed E-state index contributed by atoms with van der Waals surface area (Å²) in [5, 5.41) is 0. The Balaban J connectivity index is 2.29. The second kappa shape index (κ2) is 5.49. The molecule has 0 bridgehead atoms. The third-order valence-electron chi connectivity index (χ3n) is 2.07. The molecule has 70 valence electrons. The zero-order chi connectivity index (χ0) is 8.81. The van der Waals surface area contributed by atoms with E-state index in [1.54, 1.807) is 0 Å². The van der Waals surface area contributed by atoms with E-state index < -0.39 is 0 Å². The number of ether oxygens (including phenoxy) is 1. The van der Waals surface area contributed by atoms with E-state index in [-0.39, 0.29) is 6.04 Å². The summed E-state index contributed by atoms with van der Waals surface area (Å²) in [4.78, 5) is 0. The Morgan fingerprint density at radius 3 is 3.17 bits per heavy atom. The highest BCUT2D eigenvalue weighted by Gasteiger charge is 2.11. The Labute approximate surface area is 78.5 Å². The number of rotatable bonds is 4. The molecule has 0 aromatic heterocycles. The van der Waals surface area contributed by atoms with Gasteiger partial charge in [0.05, 0.1) is 12.9 Å². The molecule has 3 heteroatoms. The van der Waals surface area contributed by atoms with Crippen molar-refractivity contribution in [1.82, 2.24) is 0 Å². The van der Waals surface area contributed by atoms with Gasteiger partial charge in [-0.3, -0.25) is 0 Å². The maximum absolute atomic E-state index is 5.97. The molecule has 0 saturated heterocycles. The van der Waals surface area contributed by atoms with Crippen molar-refractivity contribution in [3.05, 3.63) is 11.8 Å². The summed E-state index contributed by atoms with van der Waals surface area (Å²) in [6.45, 7) is 0.860. The molecular formula is C9H17NOS. The molecule has 0 radical (unpaired) electrons. The Morgan fingerprint density at radius 1 is 1.75 bits per heavy atom. The molecule has 2 N–H and O–H groups in total. The highest BCUT2D eigenvalue weighted by Crippen LogP contribution is 2.17. The van der Waals surface area contributed by atoms with Gasteiger partial charge in [0.25, 0.3) is 0 Å².